The number of hydrogen-bond acceptors (Lipinski definition) is 7. The normalized spacial score (nSPS) is 11.8. The maximum atomic E-state index is 11.8. The summed E-state index contributed by atoms with van der Waals surface area (Å²) in [6, 6.07) is 9.86. The van der Waals surface area contributed by atoms with Crippen molar-refractivity contribution in [2.45, 2.75) is 26.2 Å². The van der Waals surface area contributed by atoms with E-state index in [1.165, 1.54) is 25.0 Å². The number of carbonyl (C=O) groups excluding carboxylic acids is 1. The van der Waals surface area contributed by atoms with Crippen molar-refractivity contribution in [1.82, 2.24) is 5.43 Å². The molecule has 0 spiro atoms. The highest BCUT2D eigenvalue weighted by Gasteiger charge is 2.13. The topological polar surface area (TPSA) is 126 Å². The van der Waals surface area contributed by atoms with E-state index in [1.54, 1.807) is 12.1 Å². The highest BCUT2D eigenvalue weighted by molar-refractivity contribution is 5.85. The molecule has 29 heavy (non-hydrogen) atoms. The molecule has 0 fully saturated rings. The van der Waals surface area contributed by atoms with Crippen molar-refractivity contribution in [3.63, 3.8) is 0 Å². The number of nitro benzene ring substituents is 1. The van der Waals surface area contributed by atoms with Gasteiger partial charge in [0.25, 0.3) is 11.6 Å². The smallest absolute Gasteiger partial charge is 0.277 e. The molecule has 0 aliphatic rings. The van der Waals surface area contributed by atoms with E-state index in [4.69, 9.17) is 9.47 Å². The first-order valence-electron chi connectivity index (χ1n) is 8.93. The number of methoxy groups -OCH3 is 1. The number of carbonyl (C=O) groups is 1. The van der Waals surface area contributed by atoms with Crippen LogP contribution in [-0.4, -0.2) is 30.8 Å². The number of nitrogens with one attached hydrogen (secondary N) is 1. The van der Waals surface area contributed by atoms with Gasteiger partial charge in [-0.15, -0.1) is 0 Å². The van der Waals surface area contributed by atoms with Crippen molar-refractivity contribution < 1.29 is 24.3 Å². The van der Waals surface area contributed by atoms with Crippen LogP contribution in [0, 0.1) is 10.1 Å². The van der Waals surface area contributed by atoms with E-state index in [9.17, 15) is 20.0 Å². The van der Waals surface area contributed by atoms with Crippen LogP contribution in [0.3, 0.4) is 0 Å². The number of nitrogens with zero attached hydrogens (tertiary/aromatic N) is 2. The molecule has 0 bridgehead atoms. The molecular formula is C20H22N3O6-. The largest absolute Gasteiger partial charge is 0.865 e. The standard InChI is InChI=1S/C20H23N3O6/c1-4-13(2)15-5-7-16(8-6-15)29-12-19(24)22-21-11-14-9-17(23(26)27)20(25)18(10-14)28-3/h5-11,13,25H,4,12H2,1-3H3,(H,22,24)/p-1/t13-/m1/s1. The summed E-state index contributed by atoms with van der Waals surface area (Å²) >= 11 is 0. The number of hydrogen-bond donors (Lipinski definition) is 1. The average Bonchev–Trinajstić information content (AvgIpc) is 2.72. The fourth-order valence-electron chi connectivity index (χ4n) is 2.46. The van der Waals surface area contributed by atoms with Crippen molar-refractivity contribution in [2.24, 2.45) is 5.10 Å². The highest BCUT2D eigenvalue weighted by Crippen LogP contribution is 2.33. The van der Waals surface area contributed by atoms with Gasteiger partial charge in [-0.2, -0.15) is 5.10 Å². The van der Waals surface area contributed by atoms with E-state index in [1.807, 2.05) is 12.1 Å². The Morgan fingerprint density at radius 3 is 2.59 bits per heavy atom. The zero-order valence-corrected chi connectivity index (χ0v) is 16.4. The van der Waals surface area contributed by atoms with Crippen LogP contribution in [0.25, 0.3) is 0 Å². The number of nitro groups is 1. The third-order valence-electron chi connectivity index (χ3n) is 4.31. The molecule has 1 atom stereocenters. The maximum absolute atomic E-state index is 11.8. The van der Waals surface area contributed by atoms with E-state index in [2.05, 4.69) is 24.4 Å². The first-order chi connectivity index (χ1) is 13.8. The lowest BCUT2D eigenvalue weighted by Gasteiger charge is -2.13. The minimum atomic E-state index is -0.827. The third kappa shape index (κ3) is 5.93. The van der Waals surface area contributed by atoms with Crippen LogP contribution in [-0.2, 0) is 4.79 Å². The lowest BCUT2D eigenvalue weighted by Crippen LogP contribution is -2.24. The summed E-state index contributed by atoms with van der Waals surface area (Å²) in [5.74, 6) is -0.508. The molecular weight excluding hydrogens is 378 g/mol. The van der Waals surface area contributed by atoms with Crippen molar-refractivity contribution in [3.8, 4) is 17.2 Å². The van der Waals surface area contributed by atoms with Crippen LogP contribution in [0.5, 0.6) is 17.2 Å². The van der Waals surface area contributed by atoms with Gasteiger partial charge < -0.3 is 14.6 Å². The molecule has 2 aromatic rings. The van der Waals surface area contributed by atoms with Gasteiger partial charge in [0.15, 0.2) is 6.61 Å². The molecule has 0 heterocycles. The molecule has 0 aliphatic carbocycles. The molecule has 1 amide bonds. The van der Waals surface area contributed by atoms with Gasteiger partial charge >= 0.3 is 0 Å². The van der Waals surface area contributed by atoms with Crippen molar-refractivity contribution in [3.05, 3.63) is 57.6 Å². The summed E-state index contributed by atoms with van der Waals surface area (Å²) in [7, 11) is 1.23. The summed E-state index contributed by atoms with van der Waals surface area (Å²) in [6.45, 7) is 4.00. The SMILES string of the molecule is CC[C@@H](C)c1ccc(OCC(=O)NN=Cc2cc(OC)c([O-])c([N+](=O)[O-])c2)cc1. The minimum absolute atomic E-state index is 0.184. The van der Waals surface area contributed by atoms with Gasteiger partial charge in [0.2, 0.25) is 0 Å². The highest BCUT2D eigenvalue weighted by atomic mass is 16.6. The Morgan fingerprint density at radius 2 is 2.00 bits per heavy atom. The van der Waals surface area contributed by atoms with Gasteiger partial charge in [0.05, 0.1) is 18.2 Å². The Balaban J connectivity index is 1.93. The molecule has 0 aliphatic heterocycles. The molecule has 154 valence electrons. The maximum Gasteiger partial charge on any atom is 0.277 e. The molecule has 0 radical (unpaired) electrons. The van der Waals surface area contributed by atoms with Gasteiger partial charge in [-0.1, -0.05) is 26.0 Å². The zero-order chi connectivity index (χ0) is 21.4. The van der Waals surface area contributed by atoms with Crippen LogP contribution in [0.4, 0.5) is 5.69 Å². The summed E-state index contributed by atoms with van der Waals surface area (Å²) in [6.07, 6.45) is 2.21. The second kappa shape index (κ2) is 10.1. The predicted molar refractivity (Wildman–Crippen MR) is 105 cm³/mol. The number of amides is 1. The zero-order valence-electron chi connectivity index (χ0n) is 16.4. The van der Waals surface area contributed by atoms with Gasteiger partial charge in [0, 0.05) is 17.4 Å². The molecule has 0 saturated heterocycles. The van der Waals surface area contributed by atoms with Crippen LogP contribution in [0.15, 0.2) is 41.5 Å². The average molecular weight is 400 g/mol. The Morgan fingerprint density at radius 1 is 1.31 bits per heavy atom. The third-order valence-corrected chi connectivity index (χ3v) is 4.31. The Kier molecular flexibility index (Phi) is 7.53. The van der Waals surface area contributed by atoms with Gasteiger partial charge in [-0.05, 0) is 36.1 Å². The fraction of sp³-hybridized carbons (Fsp3) is 0.300. The van der Waals surface area contributed by atoms with E-state index >= 15 is 0 Å². The Bertz CT molecular complexity index is 896. The van der Waals surface area contributed by atoms with Crippen LogP contribution in [0.2, 0.25) is 0 Å². The number of benzene rings is 2. The lowest BCUT2D eigenvalue weighted by atomic mass is 9.99. The van der Waals surface area contributed by atoms with Crippen LogP contribution in [0.1, 0.15) is 37.3 Å². The Hall–Kier alpha value is -3.62. The monoisotopic (exact) mass is 400 g/mol. The molecule has 2 aromatic carbocycles. The molecule has 9 heteroatoms. The summed E-state index contributed by atoms with van der Waals surface area (Å²) in [4.78, 5) is 22.0. The first kappa shape index (κ1) is 21.7. The van der Waals surface area contributed by atoms with Crippen LogP contribution >= 0.6 is 0 Å². The molecule has 0 saturated carbocycles. The lowest BCUT2D eigenvalue weighted by molar-refractivity contribution is -0.398. The number of ether oxygens (including phenoxy) is 2. The number of hydrazone groups is 1. The van der Waals surface area contributed by atoms with Gasteiger partial charge in [-0.3, -0.25) is 14.9 Å². The van der Waals surface area contributed by atoms with E-state index in [0.29, 0.717) is 11.7 Å². The first-order valence-corrected chi connectivity index (χ1v) is 8.93. The van der Waals surface area contributed by atoms with Crippen molar-refractivity contribution >= 4 is 17.8 Å². The van der Waals surface area contributed by atoms with Gasteiger partial charge in [0.1, 0.15) is 11.5 Å². The summed E-state index contributed by atoms with van der Waals surface area (Å²) in [5.41, 5.74) is 3.05. The fourth-order valence-corrected chi connectivity index (χ4v) is 2.46. The van der Waals surface area contributed by atoms with Gasteiger partial charge in [-0.25, -0.2) is 5.43 Å². The van der Waals surface area contributed by atoms with E-state index in [0.717, 1.165) is 12.5 Å². The van der Waals surface area contributed by atoms with Crippen molar-refractivity contribution in [2.75, 3.05) is 13.7 Å². The second-order valence-corrected chi connectivity index (χ2v) is 6.29. The molecule has 9 nitrogen and oxygen atoms in total. The summed E-state index contributed by atoms with van der Waals surface area (Å²) < 4.78 is 10.2. The summed E-state index contributed by atoms with van der Waals surface area (Å²) in [5, 5.41) is 26.4. The minimum Gasteiger partial charge on any atom is -0.865 e. The molecule has 0 aromatic heterocycles. The van der Waals surface area contributed by atoms with Crippen LogP contribution < -0.4 is 20.0 Å². The molecule has 0 unspecified atom stereocenters. The Labute approximate surface area is 168 Å². The molecule has 1 N–H and O–H groups in total. The second-order valence-electron chi connectivity index (χ2n) is 6.29. The molecule has 2 rings (SSSR count). The van der Waals surface area contributed by atoms with Crippen molar-refractivity contribution in [1.29, 1.82) is 0 Å². The predicted octanol–water partition coefficient (Wildman–Crippen LogP) is 2.72. The quantitative estimate of drug-likeness (QED) is 0.392. The van der Waals surface area contributed by atoms with E-state index < -0.39 is 22.3 Å². The van der Waals surface area contributed by atoms with E-state index in [-0.39, 0.29) is 17.9 Å². The number of rotatable bonds is 9.